The van der Waals surface area contributed by atoms with Crippen LogP contribution in [0.4, 0.5) is 11.6 Å². The second-order valence-corrected chi connectivity index (χ2v) is 9.08. The molecule has 12 heteroatoms. The van der Waals surface area contributed by atoms with Crippen LogP contribution >= 0.6 is 0 Å². The van der Waals surface area contributed by atoms with Crippen LogP contribution in [-0.4, -0.2) is 77.1 Å². The Labute approximate surface area is 225 Å². The molecule has 0 saturated carbocycles. The molecule has 5 rings (SSSR count). The molecule has 0 fully saturated rings. The Morgan fingerprint density at radius 2 is 1.95 bits per heavy atom. The molecule has 12 nitrogen and oxygen atoms in total. The van der Waals surface area contributed by atoms with E-state index < -0.39 is 12.0 Å². The summed E-state index contributed by atoms with van der Waals surface area (Å²) in [5, 5.41) is 16.7. The molecule has 2 aliphatic rings. The van der Waals surface area contributed by atoms with Crippen LogP contribution in [-0.2, 0) is 0 Å². The Bertz CT molecular complexity index is 1390. The van der Waals surface area contributed by atoms with Gasteiger partial charge in [0.05, 0.1) is 19.2 Å². The molecule has 2 atom stereocenters. The first-order valence-corrected chi connectivity index (χ1v) is 12.5. The summed E-state index contributed by atoms with van der Waals surface area (Å²) in [5.41, 5.74) is 8.13. The second-order valence-electron chi connectivity index (χ2n) is 9.08. The first-order valence-electron chi connectivity index (χ1n) is 12.5. The van der Waals surface area contributed by atoms with Gasteiger partial charge in [-0.2, -0.15) is 0 Å². The zero-order valence-electron chi connectivity index (χ0n) is 21.7. The average Bonchev–Trinajstić information content (AvgIpc) is 3.46. The molecule has 1 amide bonds. The lowest BCUT2D eigenvalue weighted by Gasteiger charge is -2.28. The lowest BCUT2D eigenvalue weighted by atomic mass is 10.1. The van der Waals surface area contributed by atoms with E-state index in [-0.39, 0.29) is 24.2 Å². The number of nitrogens with two attached hydrogens (primary N) is 1. The van der Waals surface area contributed by atoms with E-state index in [9.17, 15) is 9.90 Å². The topological polar surface area (TPSA) is 160 Å². The highest BCUT2D eigenvalue weighted by molar-refractivity contribution is 6.20. The number of rotatable bonds is 9. The maximum absolute atomic E-state index is 12.9. The average molecular weight is 531 g/mol. The number of nitrogens with zero attached hydrogens (tertiary/aromatic N) is 5. The van der Waals surface area contributed by atoms with Crippen molar-refractivity contribution >= 4 is 29.3 Å². The summed E-state index contributed by atoms with van der Waals surface area (Å²) in [4.78, 5) is 31.8. The van der Waals surface area contributed by atoms with E-state index in [1.54, 1.807) is 6.07 Å². The Morgan fingerprint density at radius 3 is 2.69 bits per heavy atom. The predicted molar refractivity (Wildman–Crippen MR) is 146 cm³/mol. The van der Waals surface area contributed by atoms with Crippen molar-refractivity contribution in [1.29, 1.82) is 0 Å². The van der Waals surface area contributed by atoms with Crippen LogP contribution in [0.1, 0.15) is 34.5 Å². The van der Waals surface area contributed by atoms with Crippen LogP contribution in [0.3, 0.4) is 0 Å². The van der Waals surface area contributed by atoms with E-state index in [0.29, 0.717) is 48.6 Å². The number of carbonyl (C=O) groups is 1. The van der Waals surface area contributed by atoms with Gasteiger partial charge in [-0.1, -0.05) is 30.3 Å². The lowest BCUT2D eigenvalue weighted by molar-refractivity contribution is 0.0973. The van der Waals surface area contributed by atoms with Crippen LogP contribution < -0.4 is 25.8 Å². The zero-order chi connectivity index (χ0) is 27.4. The number of ether oxygens (including phenoxy) is 2. The molecule has 0 aliphatic carbocycles. The number of benzene rings is 2. The standard InChI is InChI=1S/C27H30N8O4/c1-16(17-6-4-3-5-7-17)30-14-19(36)15-39-21-9-8-20-22(23(21)38-2)33-27(35-11-10-29-24(20)35)34-25(37)18-12-31-26(28)32-13-18/h3-9,12-13,16,19,30,36H,10-11,14-15H2,1-2H3,(H2,28,31,32)(H,33,34,37)/t16-,19+/m0/s1. The number of aliphatic hydroxyl groups is 1. The van der Waals surface area contributed by atoms with E-state index in [2.05, 4.69) is 25.6 Å². The van der Waals surface area contributed by atoms with Crippen molar-refractivity contribution in [1.82, 2.24) is 25.5 Å². The maximum atomic E-state index is 12.9. The van der Waals surface area contributed by atoms with Crippen molar-refractivity contribution in [3.63, 3.8) is 0 Å². The van der Waals surface area contributed by atoms with Gasteiger partial charge in [-0.15, -0.1) is 0 Å². The molecule has 3 aromatic rings. The van der Waals surface area contributed by atoms with Crippen LogP contribution in [0.15, 0.2) is 64.8 Å². The Kier molecular flexibility index (Phi) is 7.66. The molecule has 1 aromatic heterocycles. The molecule has 202 valence electrons. The van der Waals surface area contributed by atoms with Gasteiger partial charge in [0.1, 0.15) is 24.2 Å². The normalized spacial score (nSPS) is 15.4. The second kappa shape index (κ2) is 11.5. The van der Waals surface area contributed by atoms with E-state index in [4.69, 9.17) is 20.2 Å². The molecule has 39 heavy (non-hydrogen) atoms. The smallest absolute Gasteiger partial charge is 0.261 e. The summed E-state index contributed by atoms with van der Waals surface area (Å²) in [6.07, 6.45) is 1.94. The Hall–Kier alpha value is -4.55. The van der Waals surface area contributed by atoms with Crippen molar-refractivity contribution in [3.05, 3.63) is 71.5 Å². The number of nitrogens with one attached hydrogen (secondary N) is 2. The number of amidine groups is 1. The third-order valence-electron chi connectivity index (χ3n) is 6.40. The molecule has 0 saturated heterocycles. The quantitative estimate of drug-likeness (QED) is 0.323. The molecule has 3 heterocycles. The van der Waals surface area contributed by atoms with Crippen LogP contribution in [0.25, 0.3) is 0 Å². The monoisotopic (exact) mass is 530 g/mol. The van der Waals surface area contributed by atoms with E-state index in [1.807, 2.05) is 48.2 Å². The molecule has 0 unspecified atom stereocenters. The minimum absolute atomic E-state index is 0.0428. The highest BCUT2D eigenvalue weighted by Gasteiger charge is 2.33. The number of aliphatic imine (C=N–C) groups is 2. The maximum Gasteiger partial charge on any atom is 0.261 e. The predicted octanol–water partition coefficient (Wildman–Crippen LogP) is 1.65. The van der Waals surface area contributed by atoms with Gasteiger partial charge in [-0.05, 0) is 24.6 Å². The number of methoxy groups -OCH3 is 1. The largest absolute Gasteiger partial charge is 0.491 e. The molecule has 0 bridgehead atoms. The number of fused-ring (bicyclic) bond motifs is 3. The van der Waals surface area contributed by atoms with Crippen molar-refractivity contribution in [2.24, 2.45) is 9.98 Å². The highest BCUT2D eigenvalue weighted by Crippen LogP contribution is 2.43. The Balaban J connectivity index is 1.31. The highest BCUT2D eigenvalue weighted by atomic mass is 16.5. The van der Waals surface area contributed by atoms with Gasteiger partial charge in [-0.25, -0.2) is 15.0 Å². The summed E-state index contributed by atoms with van der Waals surface area (Å²) >= 11 is 0. The summed E-state index contributed by atoms with van der Waals surface area (Å²) in [6.45, 7) is 3.54. The number of anilines is 1. The van der Waals surface area contributed by atoms with E-state index in [1.165, 1.54) is 19.5 Å². The third-order valence-corrected chi connectivity index (χ3v) is 6.40. The number of aromatic nitrogens is 2. The fourth-order valence-corrected chi connectivity index (χ4v) is 4.35. The number of nitrogen functional groups attached to an aromatic ring is 1. The fourth-order valence-electron chi connectivity index (χ4n) is 4.35. The van der Waals surface area contributed by atoms with Gasteiger partial charge in [0.15, 0.2) is 11.5 Å². The molecule has 0 radical (unpaired) electrons. The third kappa shape index (κ3) is 5.66. The lowest BCUT2D eigenvalue weighted by Crippen LogP contribution is -2.47. The Morgan fingerprint density at radius 1 is 1.18 bits per heavy atom. The minimum Gasteiger partial charge on any atom is -0.491 e. The molecule has 2 aliphatic heterocycles. The summed E-state index contributed by atoms with van der Waals surface area (Å²) < 4.78 is 11.6. The van der Waals surface area contributed by atoms with E-state index >= 15 is 0 Å². The number of hydrogen-bond donors (Lipinski definition) is 4. The van der Waals surface area contributed by atoms with Crippen molar-refractivity contribution in [3.8, 4) is 11.5 Å². The van der Waals surface area contributed by atoms with Crippen LogP contribution in [0.2, 0.25) is 0 Å². The first kappa shape index (κ1) is 26.1. The molecular weight excluding hydrogens is 500 g/mol. The van der Waals surface area contributed by atoms with Gasteiger partial charge in [0.2, 0.25) is 11.9 Å². The van der Waals surface area contributed by atoms with Gasteiger partial charge in [0, 0.05) is 37.1 Å². The molecule has 0 spiro atoms. The molecule has 5 N–H and O–H groups in total. The fraction of sp³-hybridized carbons (Fsp3) is 0.296. The SMILES string of the molecule is COc1c(OC[C@H](O)CN[C@@H](C)c2ccccc2)ccc2c1N=C(NC(=O)c1cnc(N)nc1)N1CCN=C21. The summed E-state index contributed by atoms with van der Waals surface area (Å²) in [6, 6.07) is 13.7. The molecule has 2 aromatic carbocycles. The van der Waals surface area contributed by atoms with Crippen LogP contribution in [0, 0.1) is 0 Å². The number of aliphatic hydroxyl groups excluding tert-OH is 1. The van der Waals surface area contributed by atoms with Crippen molar-refractivity contribution in [2.45, 2.75) is 19.1 Å². The number of hydrogen-bond acceptors (Lipinski definition) is 11. The number of carbonyl (C=O) groups excluding carboxylic acids is 1. The summed E-state index contributed by atoms with van der Waals surface area (Å²) in [7, 11) is 1.52. The summed E-state index contributed by atoms with van der Waals surface area (Å²) in [5.74, 6) is 1.41. The van der Waals surface area contributed by atoms with Gasteiger partial charge in [0.25, 0.3) is 5.91 Å². The first-order chi connectivity index (χ1) is 18.9. The minimum atomic E-state index is -0.757. The van der Waals surface area contributed by atoms with Crippen LogP contribution in [0.5, 0.6) is 11.5 Å². The van der Waals surface area contributed by atoms with Crippen molar-refractivity contribution in [2.75, 3.05) is 39.1 Å². The van der Waals surface area contributed by atoms with Gasteiger partial charge < -0.3 is 25.6 Å². The van der Waals surface area contributed by atoms with Gasteiger partial charge in [-0.3, -0.25) is 20.0 Å². The molecular formula is C27H30N8O4. The zero-order valence-corrected chi connectivity index (χ0v) is 21.7. The number of guanidine groups is 1. The van der Waals surface area contributed by atoms with E-state index in [0.717, 1.165) is 11.1 Å². The van der Waals surface area contributed by atoms with Crippen molar-refractivity contribution < 1.29 is 19.4 Å². The number of amides is 1. The van der Waals surface area contributed by atoms with Gasteiger partial charge >= 0.3 is 0 Å².